The van der Waals surface area contributed by atoms with Crippen LogP contribution in [0.3, 0.4) is 0 Å². The van der Waals surface area contributed by atoms with E-state index < -0.39 is 0 Å². The number of nitrogens with one attached hydrogen (secondary N) is 2. The maximum Gasteiger partial charge on any atom is 0.258 e. The number of hydrogen-bond donors (Lipinski definition) is 2. The summed E-state index contributed by atoms with van der Waals surface area (Å²) in [5.74, 6) is 0.210. The highest BCUT2D eigenvalue weighted by molar-refractivity contribution is 9.10. The van der Waals surface area contributed by atoms with Gasteiger partial charge in [0.1, 0.15) is 0 Å². The van der Waals surface area contributed by atoms with E-state index in [0.29, 0.717) is 27.2 Å². The molecule has 0 spiro atoms. The number of carbonyl (C=O) groups is 1. The molecule has 6 nitrogen and oxygen atoms in total. The number of nitrogens with zero attached hydrogens (tertiary/aromatic N) is 2. The van der Waals surface area contributed by atoms with E-state index in [9.17, 15) is 4.79 Å². The number of rotatable bonds is 3. The summed E-state index contributed by atoms with van der Waals surface area (Å²) in [7, 11) is 0. The van der Waals surface area contributed by atoms with Crippen molar-refractivity contribution in [3.63, 3.8) is 0 Å². The van der Waals surface area contributed by atoms with Crippen LogP contribution in [0.5, 0.6) is 0 Å². The first kappa shape index (κ1) is 19.2. The Kier molecular flexibility index (Phi) is 5.37. The number of thiocarbonyl (C=S) groups is 1. The molecule has 0 aliphatic carbocycles. The van der Waals surface area contributed by atoms with Gasteiger partial charge in [-0.05, 0) is 83.1 Å². The summed E-state index contributed by atoms with van der Waals surface area (Å²) in [6.07, 6.45) is 1.68. The van der Waals surface area contributed by atoms with Crippen molar-refractivity contribution in [3.8, 4) is 11.5 Å². The first-order chi connectivity index (χ1) is 14.0. The van der Waals surface area contributed by atoms with Crippen LogP contribution >= 0.6 is 28.1 Å². The third-order valence-electron chi connectivity index (χ3n) is 4.23. The maximum absolute atomic E-state index is 12.4. The van der Waals surface area contributed by atoms with Crippen LogP contribution < -0.4 is 10.6 Å². The fourth-order valence-corrected chi connectivity index (χ4v) is 3.47. The fraction of sp³-hybridized carbons (Fsp3) is 0.0476. The molecule has 0 fully saturated rings. The third-order valence-corrected chi connectivity index (χ3v) is 5.13. The van der Waals surface area contributed by atoms with E-state index in [1.165, 1.54) is 0 Å². The Bertz CT molecular complexity index is 1210. The summed E-state index contributed by atoms with van der Waals surface area (Å²) in [6.45, 7) is 1.94. The van der Waals surface area contributed by atoms with E-state index in [0.717, 1.165) is 16.8 Å². The van der Waals surface area contributed by atoms with Crippen LogP contribution in [0, 0.1) is 6.92 Å². The van der Waals surface area contributed by atoms with Gasteiger partial charge in [0.25, 0.3) is 5.91 Å². The van der Waals surface area contributed by atoms with E-state index in [1.807, 2.05) is 37.3 Å². The average Bonchev–Trinajstić information content (AvgIpc) is 3.14. The number of fused-ring (bicyclic) bond motifs is 1. The highest BCUT2D eigenvalue weighted by atomic mass is 79.9. The zero-order valence-corrected chi connectivity index (χ0v) is 17.7. The van der Waals surface area contributed by atoms with Crippen LogP contribution in [0.1, 0.15) is 15.9 Å². The molecule has 2 N–H and O–H groups in total. The van der Waals surface area contributed by atoms with Crippen LogP contribution in [-0.2, 0) is 0 Å². The van der Waals surface area contributed by atoms with Crippen LogP contribution in [0.2, 0.25) is 0 Å². The molecule has 0 aliphatic rings. The van der Waals surface area contributed by atoms with Gasteiger partial charge in [-0.2, -0.15) is 4.98 Å². The van der Waals surface area contributed by atoms with Gasteiger partial charge in [0.2, 0.25) is 5.89 Å². The third kappa shape index (κ3) is 4.18. The van der Waals surface area contributed by atoms with Crippen molar-refractivity contribution in [2.24, 2.45) is 0 Å². The summed E-state index contributed by atoms with van der Waals surface area (Å²) in [4.78, 5) is 21.0. The number of pyridine rings is 1. The fourth-order valence-electron chi connectivity index (χ4n) is 2.80. The molecule has 8 heteroatoms. The molecular formula is C21H15BrN4O2S. The molecule has 0 radical (unpaired) electrons. The van der Waals surface area contributed by atoms with E-state index in [2.05, 4.69) is 36.5 Å². The van der Waals surface area contributed by atoms with Crippen molar-refractivity contribution in [2.75, 3.05) is 5.32 Å². The Hall–Kier alpha value is -3.10. The Morgan fingerprint density at radius 3 is 2.72 bits per heavy atom. The Morgan fingerprint density at radius 2 is 1.97 bits per heavy atom. The summed E-state index contributed by atoms with van der Waals surface area (Å²) < 4.78 is 6.46. The number of oxazole rings is 1. The highest BCUT2D eigenvalue weighted by Gasteiger charge is 2.13. The molecule has 2 aromatic heterocycles. The zero-order chi connectivity index (χ0) is 20.4. The van der Waals surface area contributed by atoms with Gasteiger partial charge in [-0.1, -0.05) is 12.1 Å². The SMILES string of the molecule is Cc1cc(-c2nc3ncccc3o2)ccc1NC(=S)NC(=O)c1ccccc1Br. The predicted molar refractivity (Wildman–Crippen MR) is 120 cm³/mol. The topological polar surface area (TPSA) is 80.1 Å². The molecule has 0 unspecified atom stereocenters. The Balaban J connectivity index is 1.49. The first-order valence-corrected chi connectivity index (χ1v) is 9.91. The molecule has 4 aromatic rings. The lowest BCUT2D eigenvalue weighted by Gasteiger charge is -2.13. The number of amides is 1. The summed E-state index contributed by atoms with van der Waals surface area (Å²) in [5.41, 5.74) is 4.25. The molecule has 4 rings (SSSR count). The Labute approximate surface area is 180 Å². The number of halogens is 1. The van der Waals surface area contributed by atoms with E-state index in [4.69, 9.17) is 16.6 Å². The van der Waals surface area contributed by atoms with Crippen molar-refractivity contribution in [2.45, 2.75) is 6.92 Å². The van der Waals surface area contributed by atoms with Crippen molar-refractivity contribution >= 4 is 56.1 Å². The molecule has 1 amide bonds. The van der Waals surface area contributed by atoms with E-state index in [1.54, 1.807) is 30.5 Å². The number of carbonyl (C=O) groups excluding carboxylic acids is 1. The molecule has 2 heterocycles. The van der Waals surface area contributed by atoms with Crippen LogP contribution in [0.25, 0.3) is 22.7 Å². The van der Waals surface area contributed by atoms with Crippen molar-refractivity contribution in [1.82, 2.24) is 15.3 Å². The van der Waals surface area contributed by atoms with Crippen molar-refractivity contribution in [1.29, 1.82) is 0 Å². The van der Waals surface area contributed by atoms with Gasteiger partial charge in [0, 0.05) is 21.9 Å². The smallest absolute Gasteiger partial charge is 0.258 e. The summed E-state index contributed by atoms with van der Waals surface area (Å²) >= 11 is 8.65. The lowest BCUT2D eigenvalue weighted by atomic mass is 10.1. The van der Waals surface area contributed by atoms with Crippen molar-refractivity contribution in [3.05, 3.63) is 76.4 Å². The second kappa shape index (κ2) is 8.10. The molecule has 0 aliphatic heterocycles. The zero-order valence-electron chi connectivity index (χ0n) is 15.3. The quantitative estimate of drug-likeness (QED) is 0.409. The Morgan fingerprint density at radius 1 is 1.14 bits per heavy atom. The predicted octanol–water partition coefficient (Wildman–Crippen LogP) is 5.09. The van der Waals surface area contributed by atoms with Gasteiger partial charge in [-0.15, -0.1) is 0 Å². The minimum atomic E-state index is -0.289. The number of hydrogen-bond acceptors (Lipinski definition) is 5. The molecule has 29 heavy (non-hydrogen) atoms. The highest BCUT2D eigenvalue weighted by Crippen LogP contribution is 2.26. The standard InChI is InChI=1S/C21H15BrN4O2S/c1-12-11-13(20-25-18-17(28-20)7-4-10-23-18)8-9-16(12)24-21(29)26-19(27)14-5-2-3-6-15(14)22/h2-11H,1H3,(H2,24,26,27,29). The summed E-state index contributed by atoms with van der Waals surface area (Å²) in [5, 5.41) is 5.96. The van der Waals surface area contributed by atoms with Gasteiger partial charge in [-0.25, -0.2) is 4.98 Å². The largest absolute Gasteiger partial charge is 0.434 e. The molecule has 0 saturated heterocycles. The lowest BCUT2D eigenvalue weighted by Crippen LogP contribution is -2.34. The molecule has 0 atom stereocenters. The molecule has 0 saturated carbocycles. The van der Waals surface area contributed by atoms with Crippen LogP contribution in [-0.4, -0.2) is 21.0 Å². The van der Waals surface area contributed by atoms with Crippen molar-refractivity contribution < 1.29 is 9.21 Å². The minimum Gasteiger partial charge on any atom is -0.434 e. The lowest BCUT2D eigenvalue weighted by molar-refractivity contribution is 0.0977. The van der Waals surface area contributed by atoms with Gasteiger partial charge < -0.3 is 9.73 Å². The normalized spacial score (nSPS) is 10.7. The van der Waals surface area contributed by atoms with E-state index >= 15 is 0 Å². The molecule has 0 bridgehead atoms. The number of anilines is 1. The van der Waals surface area contributed by atoms with E-state index in [-0.39, 0.29) is 11.0 Å². The minimum absolute atomic E-state index is 0.215. The van der Waals surface area contributed by atoms with Crippen LogP contribution in [0.4, 0.5) is 5.69 Å². The van der Waals surface area contributed by atoms with Gasteiger partial charge >= 0.3 is 0 Å². The average molecular weight is 467 g/mol. The molecule has 144 valence electrons. The number of aryl methyl sites for hydroxylation is 1. The second-order valence-corrected chi connectivity index (χ2v) is 7.52. The first-order valence-electron chi connectivity index (χ1n) is 8.71. The van der Waals surface area contributed by atoms with Gasteiger partial charge in [0.05, 0.1) is 5.56 Å². The summed E-state index contributed by atoms with van der Waals surface area (Å²) in [6, 6.07) is 16.5. The van der Waals surface area contributed by atoms with Gasteiger partial charge in [-0.3, -0.25) is 10.1 Å². The number of aromatic nitrogens is 2. The maximum atomic E-state index is 12.4. The monoisotopic (exact) mass is 466 g/mol. The van der Waals surface area contributed by atoms with Crippen LogP contribution in [0.15, 0.2) is 69.7 Å². The second-order valence-electron chi connectivity index (χ2n) is 6.26. The molecular weight excluding hydrogens is 452 g/mol. The number of benzene rings is 2. The molecule has 2 aromatic carbocycles. The van der Waals surface area contributed by atoms with Gasteiger partial charge in [0.15, 0.2) is 16.3 Å².